The van der Waals surface area contributed by atoms with Crippen LogP contribution < -0.4 is 10.9 Å². The normalized spacial score (nSPS) is 11.6. The molecule has 0 amide bonds. The molecular formula is C25H24BrN3O. The van der Waals surface area contributed by atoms with Crippen LogP contribution in [0, 0.1) is 0 Å². The van der Waals surface area contributed by atoms with E-state index in [0.717, 1.165) is 37.9 Å². The third-order valence-corrected chi connectivity index (χ3v) is 5.82. The molecule has 0 atom stereocenters. The van der Waals surface area contributed by atoms with Crippen molar-refractivity contribution in [2.75, 3.05) is 5.32 Å². The van der Waals surface area contributed by atoms with Crippen molar-refractivity contribution in [2.24, 2.45) is 0 Å². The van der Waals surface area contributed by atoms with Crippen LogP contribution in [0.5, 0.6) is 0 Å². The topological polar surface area (TPSA) is 57.8 Å². The molecule has 0 aliphatic carbocycles. The number of hydrogen-bond donors (Lipinski definition) is 2. The van der Waals surface area contributed by atoms with Gasteiger partial charge in [-0.3, -0.25) is 4.79 Å². The number of benzene rings is 2. The number of anilines is 2. The smallest absolute Gasteiger partial charge is 0.247 e. The zero-order chi connectivity index (χ0) is 21.3. The van der Waals surface area contributed by atoms with Gasteiger partial charge in [-0.1, -0.05) is 73.1 Å². The summed E-state index contributed by atoms with van der Waals surface area (Å²) in [4.78, 5) is 18.8. The zero-order valence-electron chi connectivity index (χ0n) is 17.3. The minimum Gasteiger partial charge on any atom is -0.340 e. The fourth-order valence-electron chi connectivity index (χ4n) is 3.60. The number of nitrogens with one attached hydrogen (secondary N) is 2. The van der Waals surface area contributed by atoms with Gasteiger partial charge in [0, 0.05) is 40.4 Å². The number of fused-ring (bicyclic) bond motifs is 1. The van der Waals surface area contributed by atoms with Crippen molar-refractivity contribution >= 4 is 38.2 Å². The number of nitrogens with zero attached hydrogens (tertiary/aromatic N) is 1. The lowest BCUT2D eigenvalue weighted by molar-refractivity contribution is 0.587. The van der Waals surface area contributed by atoms with E-state index in [4.69, 9.17) is 4.98 Å². The van der Waals surface area contributed by atoms with E-state index >= 15 is 0 Å². The van der Waals surface area contributed by atoms with Crippen molar-refractivity contribution in [3.63, 3.8) is 0 Å². The largest absolute Gasteiger partial charge is 0.340 e. The van der Waals surface area contributed by atoms with E-state index in [-0.39, 0.29) is 11.0 Å². The lowest BCUT2D eigenvalue weighted by Gasteiger charge is -2.21. The summed E-state index contributed by atoms with van der Waals surface area (Å²) < 4.78 is 1.08. The van der Waals surface area contributed by atoms with E-state index in [1.165, 1.54) is 5.56 Å². The average molecular weight is 462 g/mol. The molecule has 0 radical (unpaired) electrons. The Hall–Kier alpha value is -2.92. The van der Waals surface area contributed by atoms with Crippen LogP contribution in [0.25, 0.3) is 10.8 Å². The molecule has 4 nitrogen and oxygen atoms in total. The fourth-order valence-corrected chi connectivity index (χ4v) is 4.58. The Bertz CT molecular complexity index is 1250. The first-order valence-electron chi connectivity index (χ1n) is 9.92. The van der Waals surface area contributed by atoms with Gasteiger partial charge in [0.05, 0.1) is 0 Å². The summed E-state index contributed by atoms with van der Waals surface area (Å²) >= 11 is 3.71. The maximum atomic E-state index is 11.3. The second kappa shape index (κ2) is 8.07. The van der Waals surface area contributed by atoms with Gasteiger partial charge < -0.3 is 10.3 Å². The second-order valence-electron chi connectivity index (χ2n) is 8.49. The van der Waals surface area contributed by atoms with Gasteiger partial charge in [0.25, 0.3) is 0 Å². The van der Waals surface area contributed by atoms with E-state index in [9.17, 15) is 4.79 Å². The maximum absolute atomic E-state index is 11.3. The van der Waals surface area contributed by atoms with Crippen LogP contribution in [0.2, 0.25) is 0 Å². The van der Waals surface area contributed by atoms with Gasteiger partial charge in [0.15, 0.2) is 0 Å². The number of rotatable bonds is 4. The highest BCUT2D eigenvalue weighted by atomic mass is 79.9. The molecule has 2 aromatic carbocycles. The van der Waals surface area contributed by atoms with Crippen LogP contribution in [-0.2, 0) is 11.8 Å². The summed E-state index contributed by atoms with van der Waals surface area (Å²) in [6.07, 6.45) is 4.38. The number of aromatic amines is 1. The Kier molecular flexibility index (Phi) is 5.48. The Morgan fingerprint density at radius 2 is 1.80 bits per heavy atom. The van der Waals surface area contributed by atoms with E-state index in [1.54, 1.807) is 12.3 Å². The molecule has 2 aromatic heterocycles. The fraction of sp³-hybridized carbons (Fsp3) is 0.200. The van der Waals surface area contributed by atoms with Crippen molar-refractivity contribution in [1.29, 1.82) is 0 Å². The molecule has 4 rings (SSSR count). The monoisotopic (exact) mass is 461 g/mol. The van der Waals surface area contributed by atoms with Gasteiger partial charge in [-0.15, -0.1) is 0 Å². The van der Waals surface area contributed by atoms with Crippen molar-refractivity contribution in [2.45, 2.75) is 32.6 Å². The van der Waals surface area contributed by atoms with Crippen molar-refractivity contribution < 1.29 is 0 Å². The van der Waals surface area contributed by atoms with E-state index in [2.05, 4.69) is 77.3 Å². The molecule has 0 aliphatic rings. The minimum atomic E-state index is -0.0927. The van der Waals surface area contributed by atoms with Crippen LogP contribution >= 0.6 is 15.9 Å². The van der Waals surface area contributed by atoms with Gasteiger partial charge in [-0.25, -0.2) is 4.98 Å². The molecule has 4 aromatic rings. The average Bonchev–Trinajstić information content (AvgIpc) is 2.70. The van der Waals surface area contributed by atoms with Crippen molar-refractivity contribution in [3.8, 4) is 0 Å². The number of aromatic nitrogens is 2. The Morgan fingerprint density at radius 3 is 2.47 bits per heavy atom. The summed E-state index contributed by atoms with van der Waals surface area (Å²) in [6, 6.07) is 18.0. The lowest BCUT2D eigenvalue weighted by atomic mass is 9.87. The quantitative estimate of drug-likeness (QED) is 0.373. The van der Waals surface area contributed by atoms with Crippen LogP contribution in [0.3, 0.4) is 0 Å². The number of hydrogen-bond acceptors (Lipinski definition) is 3. The lowest BCUT2D eigenvalue weighted by Crippen LogP contribution is -2.12. The molecule has 0 saturated carbocycles. The number of halogens is 1. The standard InChI is InChI=1S/C25H24BrN3O/c1-25(2,3)21-10-9-18(13-22(21)26)29-24-20-7-5-4-6-19(20)17(15-28-24)12-16-8-11-23(30)27-14-16/h4-11,13-15H,12H2,1-3H3,(H,27,30)(H,28,29). The second-order valence-corrected chi connectivity index (χ2v) is 9.34. The molecule has 2 N–H and O–H groups in total. The highest BCUT2D eigenvalue weighted by molar-refractivity contribution is 9.10. The van der Waals surface area contributed by atoms with E-state index in [0.29, 0.717) is 6.42 Å². The highest BCUT2D eigenvalue weighted by Crippen LogP contribution is 2.34. The van der Waals surface area contributed by atoms with E-state index < -0.39 is 0 Å². The molecule has 2 heterocycles. The predicted octanol–water partition coefficient (Wildman–Crippen LogP) is 6.32. The molecule has 0 bridgehead atoms. The predicted molar refractivity (Wildman–Crippen MR) is 128 cm³/mol. The third kappa shape index (κ3) is 4.31. The van der Waals surface area contributed by atoms with Crippen LogP contribution in [0.1, 0.15) is 37.5 Å². The third-order valence-electron chi connectivity index (χ3n) is 5.16. The molecule has 0 saturated heterocycles. The molecular weight excluding hydrogens is 438 g/mol. The van der Waals surface area contributed by atoms with Gasteiger partial charge >= 0.3 is 0 Å². The summed E-state index contributed by atoms with van der Waals surface area (Å²) in [6.45, 7) is 6.61. The molecule has 5 heteroatoms. The SMILES string of the molecule is CC(C)(C)c1ccc(Nc2ncc(Cc3ccc(=O)[nH]c3)c3ccccc23)cc1Br. The van der Waals surface area contributed by atoms with Gasteiger partial charge in [-0.2, -0.15) is 0 Å². The zero-order valence-corrected chi connectivity index (χ0v) is 18.9. The summed E-state index contributed by atoms with van der Waals surface area (Å²) in [7, 11) is 0. The van der Waals surface area contributed by atoms with Gasteiger partial charge in [0.2, 0.25) is 5.56 Å². The first-order chi connectivity index (χ1) is 14.3. The Morgan fingerprint density at radius 1 is 1.03 bits per heavy atom. The highest BCUT2D eigenvalue weighted by Gasteiger charge is 2.17. The van der Waals surface area contributed by atoms with E-state index in [1.807, 2.05) is 24.4 Å². The minimum absolute atomic E-state index is 0.0751. The summed E-state index contributed by atoms with van der Waals surface area (Å²) in [5, 5.41) is 5.69. The van der Waals surface area contributed by atoms with Crippen LogP contribution in [0.4, 0.5) is 11.5 Å². The maximum Gasteiger partial charge on any atom is 0.247 e. The molecule has 0 spiro atoms. The first kappa shape index (κ1) is 20.4. The Balaban J connectivity index is 1.68. The van der Waals surface area contributed by atoms with Gasteiger partial charge in [-0.05, 0) is 39.6 Å². The molecule has 0 aliphatic heterocycles. The van der Waals surface area contributed by atoms with Gasteiger partial charge in [0.1, 0.15) is 5.82 Å². The van der Waals surface area contributed by atoms with Crippen molar-refractivity contribution in [1.82, 2.24) is 9.97 Å². The van der Waals surface area contributed by atoms with Crippen LogP contribution in [0.15, 0.2) is 76.3 Å². The Labute approximate surface area is 184 Å². The number of pyridine rings is 2. The summed E-state index contributed by atoms with van der Waals surface area (Å²) in [5.41, 5.74) is 4.40. The molecule has 0 unspecified atom stereocenters. The van der Waals surface area contributed by atoms with Crippen molar-refractivity contribution in [3.05, 3.63) is 98.5 Å². The van der Waals surface area contributed by atoms with Crippen LogP contribution in [-0.4, -0.2) is 9.97 Å². The first-order valence-corrected chi connectivity index (χ1v) is 10.7. The molecule has 0 fully saturated rings. The number of H-pyrrole nitrogens is 1. The molecule has 30 heavy (non-hydrogen) atoms. The molecule has 152 valence electrons. The summed E-state index contributed by atoms with van der Waals surface area (Å²) in [5.74, 6) is 0.825.